The predicted molar refractivity (Wildman–Crippen MR) is 63.3 cm³/mol. The van der Waals surface area contributed by atoms with Crippen LogP contribution in [-0.4, -0.2) is 15.0 Å². The molecule has 0 atom stereocenters. The number of alkyl halides is 1. The maximum atomic E-state index is 13.3. The molecule has 84 valence electrons. The summed E-state index contributed by atoms with van der Waals surface area (Å²) in [5, 5.41) is 7.71. The molecule has 2 aromatic rings. The number of aromatic nitrogens is 3. The third-order valence-corrected chi connectivity index (χ3v) is 3.11. The lowest BCUT2D eigenvalue weighted by Gasteiger charge is -2.08. The highest BCUT2D eigenvalue weighted by atomic mass is 79.9. The molecular formula is C10H8BrClFN3. The van der Waals surface area contributed by atoms with E-state index >= 15 is 0 Å². The summed E-state index contributed by atoms with van der Waals surface area (Å²) in [6, 6.07) is 3.11. The molecule has 0 saturated carbocycles. The lowest BCUT2D eigenvalue weighted by Crippen LogP contribution is -2.03. The summed E-state index contributed by atoms with van der Waals surface area (Å²) in [6.07, 6.45) is 1.59. The number of hydrogen-bond donors (Lipinski definition) is 0. The first-order chi connectivity index (χ1) is 7.63. The van der Waals surface area contributed by atoms with E-state index in [0.717, 1.165) is 16.9 Å². The van der Waals surface area contributed by atoms with Crippen LogP contribution in [0.25, 0.3) is 5.69 Å². The number of hydrogen-bond acceptors (Lipinski definition) is 2. The van der Waals surface area contributed by atoms with Crippen LogP contribution in [0.3, 0.4) is 0 Å². The average Bonchev–Trinajstić information content (AvgIpc) is 2.71. The summed E-state index contributed by atoms with van der Waals surface area (Å²) in [5.41, 5.74) is 2.31. The molecule has 0 radical (unpaired) electrons. The summed E-state index contributed by atoms with van der Waals surface area (Å²) in [6.45, 7) is 1.81. The number of rotatable bonds is 2. The van der Waals surface area contributed by atoms with Gasteiger partial charge < -0.3 is 0 Å². The van der Waals surface area contributed by atoms with Gasteiger partial charge in [0.2, 0.25) is 0 Å². The minimum atomic E-state index is -0.297. The van der Waals surface area contributed by atoms with Crippen LogP contribution in [0.4, 0.5) is 4.39 Å². The molecule has 16 heavy (non-hydrogen) atoms. The van der Waals surface area contributed by atoms with Crippen molar-refractivity contribution in [2.45, 2.75) is 12.8 Å². The first-order valence-corrected chi connectivity index (χ1v) is 5.88. The molecule has 1 aromatic heterocycles. The first-order valence-electron chi connectivity index (χ1n) is 4.55. The molecule has 3 nitrogen and oxygen atoms in total. The lowest BCUT2D eigenvalue weighted by molar-refractivity contribution is 0.618. The number of nitrogens with zero attached hydrogens (tertiary/aromatic N) is 3. The summed E-state index contributed by atoms with van der Waals surface area (Å²) in [7, 11) is 0. The zero-order valence-electron chi connectivity index (χ0n) is 8.41. The lowest BCUT2D eigenvalue weighted by atomic mass is 10.2. The maximum Gasteiger partial charge on any atom is 0.137 e. The third-order valence-electron chi connectivity index (χ3n) is 2.22. The molecule has 2 rings (SSSR count). The Balaban J connectivity index is 2.60. The van der Waals surface area contributed by atoms with Gasteiger partial charge in [-0.15, -0.1) is 16.7 Å². The van der Waals surface area contributed by atoms with E-state index in [9.17, 15) is 4.39 Å². The molecule has 0 aliphatic heterocycles. The van der Waals surface area contributed by atoms with Gasteiger partial charge in [0.15, 0.2) is 0 Å². The van der Waals surface area contributed by atoms with Crippen LogP contribution in [0, 0.1) is 12.7 Å². The molecule has 0 fully saturated rings. The van der Waals surface area contributed by atoms with Gasteiger partial charge in [-0.2, -0.15) is 0 Å². The van der Waals surface area contributed by atoms with Crippen LogP contribution in [0.5, 0.6) is 0 Å². The van der Waals surface area contributed by atoms with Crippen LogP contribution in [0.2, 0.25) is 0 Å². The Morgan fingerprint density at radius 1 is 1.50 bits per heavy atom. The Labute approximate surface area is 105 Å². The number of benzene rings is 1. The Morgan fingerprint density at radius 3 is 2.94 bits per heavy atom. The summed E-state index contributed by atoms with van der Waals surface area (Å²) in [4.78, 5) is 0. The molecule has 0 N–H and O–H groups in total. The molecule has 1 heterocycles. The topological polar surface area (TPSA) is 30.7 Å². The molecular weight excluding hydrogens is 296 g/mol. The van der Waals surface area contributed by atoms with Crippen molar-refractivity contribution in [2.75, 3.05) is 0 Å². The normalized spacial score (nSPS) is 10.8. The van der Waals surface area contributed by atoms with Crippen LogP contribution in [-0.2, 0) is 5.88 Å². The predicted octanol–water partition coefficient (Wildman–Crippen LogP) is 3.22. The van der Waals surface area contributed by atoms with Crippen molar-refractivity contribution in [3.63, 3.8) is 0 Å². The molecule has 0 bridgehead atoms. The molecule has 6 heteroatoms. The van der Waals surface area contributed by atoms with Crippen molar-refractivity contribution in [2.24, 2.45) is 0 Å². The van der Waals surface area contributed by atoms with E-state index < -0.39 is 0 Å². The largest absolute Gasteiger partial charge is 0.216 e. The second-order valence-electron chi connectivity index (χ2n) is 3.32. The molecule has 0 spiro atoms. The van der Waals surface area contributed by atoms with Crippen molar-refractivity contribution in [1.29, 1.82) is 0 Å². The Morgan fingerprint density at radius 2 is 2.25 bits per heavy atom. The van der Waals surface area contributed by atoms with Gasteiger partial charge in [-0.3, -0.25) is 0 Å². The van der Waals surface area contributed by atoms with E-state index in [1.165, 1.54) is 6.07 Å². The monoisotopic (exact) mass is 303 g/mol. The molecule has 0 saturated heterocycles. The van der Waals surface area contributed by atoms with Gasteiger partial charge >= 0.3 is 0 Å². The Kier molecular flexibility index (Phi) is 3.25. The standard InChI is InChI=1S/C10H8BrClFN3/c1-6-2-9(13)8(11)3-10(6)16-7(4-12)5-14-15-16/h2-3,5H,4H2,1H3. The number of aryl methyl sites for hydroxylation is 1. The third kappa shape index (κ3) is 1.97. The van der Waals surface area contributed by atoms with Crippen molar-refractivity contribution >= 4 is 27.5 Å². The Hall–Kier alpha value is -0.940. The highest BCUT2D eigenvalue weighted by Gasteiger charge is 2.11. The molecule has 0 aliphatic carbocycles. The second kappa shape index (κ2) is 4.51. The van der Waals surface area contributed by atoms with Crippen LogP contribution < -0.4 is 0 Å². The average molecular weight is 305 g/mol. The van der Waals surface area contributed by atoms with Gasteiger partial charge in [0.25, 0.3) is 0 Å². The van der Waals surface area contributed by atoms with E-state index in [4.69, 9.17) is 11.6 Å². The fraction of sp³-hybridized carbons (Fsp3) is 0.200. The highest BCUT2D eigenvalue weighted by molar-refractivity contribution is 9.10. The Bertz CT molecular complexity index is 527. The zero-order chi connectivity index (χ0) is 11.7. The van der Waals surface area contributed by atoms with E-state index in [1.54, 1.807) is 16.9 Å². The van der Waals surface area contributed by atoms with Crippen LogP contribution >= 0.6 is 27.5 Å². The van der Waals surface area contributed by atoms with Crippen molar-refractivity contribution in [3.8, 4) is 5.69 Å². The smallest absolute Gasteiger partial charge is 0.137 e. The van der Waals surface area contributed by atoms with E-state index in [-0.39, 0.29) is 5.82 Å². The summed E-state index contributed by atoms with van der Waals surface area (Å²) in [5.74, 6) is 0.00956. The van der Waals surface area contributed by atoms with Crippen molar-refractivity contribution in [3.05, 3.63) is 39.9 Å². The summed E-state index contributed by atoms with van der Waals surface area (Å²) >= 11 is 8.90. The molecule has 0 aliphatic rings. The van der Waals surface area contributed by atoms with Gasteiger partial charge in [-0.05, 0) is 40.5 Å². The zero-order valence-corrected chi connectivity index (χ0v) is 10.8. The van der Waals surface area contributed by atoms with Gasteiger partial charge in [-0.25, -0.2) is 9.07 Å². The first kappa shape index (κ1) is 11.5. The van der Waals surface area contributed by atoms with Gasteiger partial charge in [-0.1, -0.05) is 5.21 Å². The molecule has 0 amide bonds. The molecule has 0 unspecified atom stereocenters. The van der Waals surface area contributed by atoms with Crippen molar-refractivity contribution in [1.82, 2.24) is 15.0 Å². The van der Waals surface area contributed by atoms with Gasteiger partial charge in [0, 0.05) is 0 Å². The van der Waals surface area contributed by atoms with E-state index in [2.05, 4.69) is 26.2 Å². The second-order valence-corrected chi connectivity index (χ2v) is 4.45. The minimum Gasteiger partial charge on any atom is -0.216 e. The SMILES string of the molecule is Cc1cc(F)c(Br)cc1-n1nncc1CCl. The summed E-state index contributed by atoms with van der Waals surface area (Å²) < 4.78 is 15.3. The van der Waals surface area contributed by atoms with Crippen LogP contribution in [0.15, 0.2) is 22.8 Å². The van der Waals surface area contributed by atoms with Gasteiger partial charge in [0.05, 0.1) is 27.9 Å². The fourth-order valence-corrected chi connectivity index (χ4v) is 1.93. The van der Waals surface area contributed by atoms with Crippen LogP contribution in [0.1, 0.15) is 11.3 Å². The number of halogens is 3. The van der Waals surface area contributed by atoms with Gasteiger partial charge in [0.1, 0.15) is 5.82 Å². The van der Waals surface area contributed by atoms with E-state index in [1.807, 2.05) is 6.92 Å². The van der Waals surface area contributed by atoms with Crippen molar-refractivity contribution < 1.29 is 4.39 Å². The minimum absolute atomic E-state index is 0.297. The molecule has 1 aromatic carbocycles. The quantitative estimate of drug-likeness (QED) is 0.798. The van der Waals surface area contributed by atoms with E-state index in [0.29, 0.717) is 10.4 Å². The fourth-order valence-electron chi connectivity index (χ4n) is 1.41. The maximum absolute atomic E-state index is 13.3. The highest BCUT2D eigenvalue weighted by Crippen LogP contribution is 2.23.